The fraction of sp³-hybridized carbons (Fsp3) is 0.318. The van der Waals surface area contributed by atoms with Gasteiger partial charge in [0.15, 0.2) is 11.3 Å². The number of para-hydroxylation sites is 1. The molecule has 0 fully saturated rings. The zero-order chi connectivity index (χ0) is 20.1. The zero-order valence-corrected chi connectivity index (χ0v) is 17.0. The van der Waals surface area contributed by atoms with Crippen LogP contribution in [0.3, 0.4) is 0 Å². The third-order valence-corrected chi connectivity index (χ3v) is 4.04. The molecule has 1 aromatic carbocycles. The zero-order valence-electron chi connectivity index (χ0n) is 17.0. The van der Waals surface area contributed by atoms with Crippen LogP contribution in [-0.4, -0.2) is 60.7 Å². The Kier molecular flexibility index (Phi) is 6.07. The van der Waals surface area contributed by atoms with Crippen molar-refractivity contribution >= 4 is 16.9 Å². The molecule has 0 aliphatic heterocycles. The first-order valence-electron chi connectivity index (χ1n) is 9.16. The van der Waals surface area contributed by atoms with Crippen molar-refractivity contribution in [3.63, 3.8) is 0 Å². The van der Waals surface area contributed by atoms with Gasteiger partial charge in [-0.05, 0) is 51.2 Å². The maximum atomic E-state index is 6.07. The Labute approximate surface area is 166 Å². The molecule has 2 aromatic heterocycles. The number of rotatable bonds is 5. The first kappa shape index (κ1) is 19.6. The lowest BCUT2D eigenvalue weighted by atomic mass is 10.1. The summed E-state index contributed by atoms with van der Waals surface area (Å²) in [7, 11) is 8.01. The Hall–Kier alpha value is -3.17. The Morgan fingerprint density at radius 3 is 2.54 bits per heavy atom. The van der Waals surface area contributed by atoms with Gasteiger partial charge in [0.25, 0.3) is 0 Å². The van der Waals surface area contributed by atoms with Crippen LogP contribution in [0.1, 0.15) is 18.2 Å². The van der Waals surface area contributed by atoms with Gasteiger partial charge in [0, 0.05) is 32.4 Å². The first-order valence-corrected chi connectivity index (χ1v) is 9.16. The van der Waals surface area contributed by atoms with E-state index in [9.17, 15) is 0 Å². The van der Waals surface area contributed by atoms with Gasteiger partial charge in [-0.15, -0.1) is 0 Å². The average molecular weight is 375 g/mol. The van der Waals surface area contributed by atoms with Gasteiger partial charge in [-0.1, -0.05) is 18.1 Å². The number of aromatic nitrogens is 3. The Morgan fingerprint density at radius 2 is 1.79 bits per heavy atom. The summed E-state index contributed by atoms with van der Waals surface area (Å²) in [5.41, 5.74) is 3.70. The number of benzene rings is 1. The Balaban J connectivity index is 2.03. The lowest BCUT2D eigenvalue weighted by Gasteiger charge is -2.18. The van der Waals surface area contributed by atoms with Crippen LogP contribution in [0.15, 0.2) is 42.6 Å². The number of ether oxygens (including phenoxy) is 1. The Morgan fingerprint density at radius 1 is 1.00 bits per heavy atom. The van der Waals surface area contributed by atoms with E-state index in [1.807, 2.05) is 76.4 Å². The minimum atomic E-state index is -0.0481. The van der Waals surface area contributed by atoms with Gasteiger partial charge in [-0.2, -0.15) is 0 Å². The lowest BCUT2D eigenvalue weighted by molar-refractivity contribution is 0.170. The standard InChI is InChI=1S/C22H25N5O/c1-16(15-26(2)3)28-22-19(24-21-18(25-22)10-8-14-23-21)13-12-17-9-6-7-11-20(17)27(4)5/h6-11,14,16H,15H2,1-5H3. The van der Waals surface area contributed by atoms with Crippen molar-refractivity contribution in [2.75, 3.05) is 39.6 Å². The van der Waals surface area contributed by atoms with Crippen LogP contribution in [0, 0.1) is 11.8 Å². The second-order valence-electron chi connectivity index (χ2n) is 7.08. The number of fused-ring (bicyclic) bond motifs is 1. The normalized spacial score (nSPS) is 11.8. The second kappa shape index (κ2) is 8.68. The molecule has 0 aliphatic rings. The van der Waals surface area contributed by atoms with E-state index in [0.29, 0.717) is 22.7 Å². The summed E-state index contributed by atoms with van der Waals surface area (Å²) < 4.78 is 6.07. The fourth-order valence-corrected chi connectivity index (χ4v) is 2.88. The van der Waals surface area contributed by atoms with E-state index in [-0.39, 0.29) is 6.10 Å². The van der Waals surface area contributed by atoms with Gasteiger partial charge in [-0.3, -0.25) is 0 Å². The van der Waals surface area contributed by atoms with Crippen LogP contribution in [0.4, 0.5) is 5.69 Å². The maximum Gasteiger partial charge on any atom is 0.250 e. The largest absolute Gasteiger partial charge is 0.471 e. The molecule has 0 N–H and O–H groups in total. The molecule has 1 unspecified atom stereocenters. The summed E-state index contributed by atoms with van der Waals surface area (Å²) in [5, 5.41) is 0. The Bertz CT molecular complexity index is 1020. The maximum absolute atomic E-state index is 6.07. The minimum Gasteiger partial charge on any atom is -0.471 e. The molecule has 0 aliphatic carbocycles. The summed E-state index contributed by atoms with van der Waals surface area (Å²) in [6.07, 6.45) is 1.65. The molecule has 3 rings (SSSR count). The quantitative estimate of drug-likeness (QED) is 0.639. The van der Waals surface area contributed by atoms with E-state index in [1.54, 1.807) is 6.20 Å². The monoisotopic (exact) mass is 375 g/mol. The van der Waals surface area contributed by atoms with E-state index < -0.39 is 0 Å². The molecule has 3 aromatic rings. The molecule has 28 heavy (non-hydrogen) atoms. The van der Waals surface area contributed by atoms with E-state index in [2.05, 4.69) is 31.7 Å². The fourth-order valence-electron chi connectivity index (χ4n) is 2.88. The molecule has 0 radical (unpaired) electrons. The molecule has 0 amide bonds. The van der Waals surface area contributed by atoms with Crippen molar-refractivity contribution in [2.45, 2.75) is 13.0 Å². The summed E-state index contributed by atoms with van der Waals surface area (Å²) >= 11 is 0. The van der Waals surface area contributed by atoms with Gasteiger partial charge in [0.1, 0.15) is 11.6 Å². The lowest BCUT2D eigenvalue weighted by Crippen LogP contribution is -2.28. The summed E-state index contributed by atoms with van der Waals surface area (Å²) in [5.74, 6) is 6.80. The molecule has 0 saturated heterocycles. The summed E-state index contributed by atoms with van der Waals surface area (Å²) in [4.78, 5) is 17.6. The van der Waals surface area contributed by atoms with Crippen molar-refractivity contribution in [3.8, 4) is 17.7 Å². The topological polar surface area (TPSA) is 54.4 Å². The van der Waals surface area contributed by atoms with E-state index in [0.717, 1.165) is 17.8 Å². The first-order chi connectivity index (χ1) is 13.4. The molecule has 0 spiro atoms. The van der Waals surface area contributed by atoms with Gasteiger partial charge in [0.05, 0.1) is 5.69 Å². The van der Waals surface area contributed by atoms with E-state index in [1.165, 1.54) is 0 Å². The van der Waals surface area contributed by atoms with Crippen LogP contribution in [-0.2, 0) is 0 Å². The van der Waals surface area contributed by atoms with Gasteiger partial charge >= 0.3 is 0 Å². The van der Waals surface area contributed by atoms with Crippen molar-refractivity contribution < 1.29 is 4.74 Å². The highest BCUT2D eigenvalue weighted by molar-refractivity contribution is 5.71. The number of pyridine rings is 1. The van der Waals surface area contributed by atoms with Crippen LogP contribution >= 0.6 is 0 Å². The predicted molar refractivity (Wildman–Crippen MR) is 113 cm³/mol. The molecule has 2 heterocycles. The number of hydrogen-bond donors (Lipinski definition) is 0. The smallest absolute Gasteiger partial charge is 0.250 e. The molecule has 0 saturated carbocycles. The van der Waals surface area contributed by atoms with Crippen molar-refractivity contribution in [1.29, 1.82) is 0 Å². The van der Waals surface area contributed by atoms with Crippen LogP contribution in [0.25, 0.3) is 11.2 Å². The highest BCUT2D eigenvalue weighted by Crippen LogP contribution is 2.20. The summed E-state index contributed by atoms with van der Waals surface area (Å²) in [6, 6.07) is 11.7. The number of likely N-dealkylation sites (N-methyl/N-ethyl adjacent to an activating group) is 1. The number of anilines is 1. The summed E-state index contributed by atoms with van der Waals surface area (Å²) in [6.45, 7) is 2.77. The third-order valence-electron chi connectivity index (χ3n) is 4.04. The van der Waals surface area contributed by atoms with Gasteiger partial charge in [-0.25, -0.2) is 15.0 Å². The van der Waals surface area contributed by atoms with Crippen molar-refractivity contribution in [1.82, 2.24) is 19.9 Å². The molecule has 0 bridgehead atoms. The van der Waals surface area contributed by atoms with Crippen molar-refractivity contribution in [3.05, 3.63) is 53.9 Å². The second-order valence-corrected chi connectivity index (χ2v) is 7.08. The SMILES string of the molecule is CC(CN(C)C)Oc1nc2cccnc2nc1C#Cc1ccccc1N(C)C. The van der Waals surface area contributed by atoms with Gasteiger partial charge < -0.3 is 14.5 Å². The van der Waals surface area contributed by atoms with Crippen LogP contribution in [0.2, 0.25) is 0 Å². The third kappa shape index (κ3) is 4.76. The van der Waals surface area contributed by atoms with Gasteiger partial charge in [0.2, 0.25) is 5.88 Å². The number of nitrogens with zero attached hydrogens (tertiary/aromatic N) is 5. The average Bonchev–Trinajstić information content (AvgIpc) is 2.65. The van der Waals surface area contributed by atoms with Crippen LogP contribution < -0.4 is 9.64 Å². The highest BCUT2D eigenvalue weighted by Gasteiger charge is 2.13. The highest BCUT2D eigenvalue weighted by atomic mass is 16.5. The van der Waals surface area contributed by atoms with Crippen LogP contribution in [0.5, 0.6) is 5.88 Å². The molecule has 6 heteroatoms. The number of hydrogen-bond acceptors (Lipinski definition) is 6. The predicted octanol–water partition coefficient (Wildman–Crippen LogP) is 2.82. The van der Waals surface area contributed by atoms with E-state index >= 15 is 0 Å². The molecule has 6 nitrogen and oxygen atoms in total. The minimum absolute atomic E-state index is 0.0481. The molecular formula is C22H25N5O. The van der Waals surface area contributed by atoms with E-state index in [4.69, 9.17) is 4.74 Å². The molecule has 1 atom stereocenters. The molecule has 144 valence electrons. The van der Waals surface area contributed by atoms with Crippen molar-refractivity contribution in [2.24, 2.45) is 0 Å². The molecular weight excluding hydrogens is 350 g/mol.